The summed E-state index contributed by atoms with van der Waals surface area (Å²) < 4.78 is 0. The fourth-order valence-electron chi connectivity index (χ4n) is 3.88. The van der Waals surface area contributed by atoms with Gasteiger partial charge in [0, 0.05) is 18.4 Å². The molecule has 4 rings (SSSR count). The summed E-state index contributed by atoms with van der Waals surface area (Å²) in [6, 6.07) is 9.35. The van der Waals surface area contributed by atoms with Gasteiger partial charge in [0.15, 0.2) is 0 Å². The van der Waals surface area contributed by atoms with Crippen molar-refractivity contribution in [2.45, 2.75) is 31.3 Å². The molecule has 0 saturated carbocycles. The van der Waals surface area contributed by atoms with Crippen LogP contribution < -0.4 is 0 Å². The molecule has 3 aliphatic rings. The summed E-state index contributed by atoms with van der Waals surface area (Å²) in [6.45, 7) is 0. The van der Waals surface area contributed by atoms with Gasteiger partial charge in [-0.25, -0.2) is 4.79 Å². The Balaban J connectivity index is 1.68. The fraction of sp³-hybridized carbons (Fsp3) is 0.192. The van der Waals surface area contributed by atoms with Gasteiger partial charge in [0.2, 0.25) is 0 Å². The van der Waals surface area contributed by atoms with Gasteiger partial charge >= 0.3 is 5.97 Å². The first-order valence-electron chi connectivity index (χ1n) is 10.5. The van der Waals surface area contributed by atoms with Gasteiger partial charge in [0.05, 0.1) is 0 Å². The van der Waals surface area contributed by atoms with Crippen LogP contribution in [0.25, 0.3) is 0 Å². The van der Waals surface area contributed by atoms with Crippen molar-refractivity contribution in [3.63, 3.8) is 0 Å². The Kier molecular flexibility index (Phi) is 6.14. The molecule has 1 aromatic carbocycles. The molecule has 162 valence electrons. The van der Waals surface area contributed by atoms with Gasteiger partial charge in [-0.3, -0.25) is 9.59 Å². The summed E-state index contributed by atoms with van der Waals surface area (Å²) in [5.41, 5.74) is 0.951. The first-order valence-corrected chi connectivity index (χ1v) is 10.5. The highest BCUT2D eigenvalue weighted by Crippen LogP contribution is 2.40. The molecule has 1 fully saturated rings. The minimum atomic E-state index is -1.41. The Morgan fingerprint density at radius 1 is 0.906 bits per heavy atom. The second-order valence-corrected chi connectivity index (χ2v) is 7.67. The zero-order valence-electron chi connectivity index (χ0n) is 17.4. The summed E-state index contributed by atoms with van der Waals surface area (Å²) in [5.74, 6) is -1.81. The number of imide groups is 1. The molecule has 1 N–H and O–H groups in total. The summed E-state index contributed by atoms with van der Waals surface area (Å²) in [4.78, 5) is 41.1. The van der Waals surface area contributed by atoms with Crippen molar-refractivity contribution in [2.24, 2.45) is 0 Å². The van der Waals surface area contributed by atoms with Gasteiger partial charge in [-0.15, -0.1) is 5.06 Å². The van der Waals surface area contributed by atoms with Crippen molar-refractivity contribution < 1.29 is 24.3 Å². The highest BCUT2D eigenvalue weighted by atomic mass is 16.7. The maximum absolute atomic E-state index is 12.6. The minimum Gasteiger partial charge on any atom is -0.376 e. The van der Waals surface area contributed by atoms with E-state index in [0.717, 1.165) is 5.57 Å². The minimum absolute atomic E-state index is 0.0389. The number of rotatable bonds is 5. The van der Waals surface area contributed by atoms with E-state index >= 15 is 0 Å². The van der Waals surface area contributed by atoms with E-state index in [1.54, 1.807) is 24.3 Å². The smallest absolute Gasteiger partial charge is 0.360 e. The first kappa shape index (κ1) is 21.5. The van der Waals surface area contributed by atoms with Crippen LogP contribution in [0.1, 0.15) is 31.2 Å². The lowest BCUT2D eigenvalue weighted by atomic mass is 9.77. The third-order valence-corrected chi connectivity index (χ3v) is 5.61. The lowest BCUT2D eigenvalue weighted by molar-refractivity contribution is -0.194. The zero-order chi connectivity index (χ0) is 22.6. The van der Waals surface area contributed by atoms with Crippen LogP contribution in [0.3, 0.4) is 0 Å². The Bertz CT molecular complexity index is 1100. The molecule has 2 amide bonds. The fourth-order valence-corrected chi connectivity index (χ4v) is 3.88. The Labute approximate surface area is 186 Å². The number of hydrogen-bond acceptors (Lipinski definition) is 5. The molecule has 32 heavy (non-hydrogen) atoms. The zero-order valence-corrected chi connectivity index (χ0v) is 17.4. The molecule has 1 unspecified atom stereocenters. The second-order valence-electron chi connectivity index (χ2n) is 7.67. The van der Waals surface area contributed by atoms with Gasteiger partial charge in [-0.2, -0.15) is 0 Å². The highest BCUT2D eigenvalue weighted by molar-refractivity contribution is 6.02. The number of nitrogens with zero attached hydrogens (tertiary/aromatic N) is 1. The quantitative estimate of drug-likeness (QED) is 0.721. The number of aliphatic hydroxyl groups is 1. The van der Waals surface area contributed by atoms with E-state index in [0.29, 0.717) is 22.6 Å². The lowest BCUT2D eigenvalue weighted by Gasteiger charge is -2.32. The summed E-state index contributed by atoms with van der Waals surface area (Å²) in [7, 11) is 0. The van der Waals surface area contributed by atoms with Crippen molar-refractivity contribution in [3.8, 4) is 0 Å². The second kappa shape index (κ2) is 9.16. The highest BCUT2D eigenvalue weighted by Gasteiger charge is 2.37. The average molecular weight is 429 g/mol. The standard InChI is InChI=1S/C26H23NO5/c28-23-17-18-24(29)27(23)32-25(30)19-9-8-14-22(16-15-19)26(31,21-12-6-3-7-13-21)20-10-4-1-2-5-11-20/h1-8,10,12-16,31H,9,11,17-18H2. The lowest BCUT2D eigenvalue weighted by Crippen LogP contribution is -2.32. The maximum Gasteiger partial charge on any atom is 0.360 e. The van der Waals surface area contributed by atoms with Crippen LogP contribution in [0.5, 0.6) is 0 Å². The number of carbonyl (C=O) groups excluding carboxylic acids is 3. The van der Waals surface area contributed by atoms with Crippen LogP contribution in [-0.2, 0) is 24.8 Å². The Morgan fingerprint density at radius 3 is 2.41 bits per heavy atom. The SMILES string of the molecule is O=C(ON1C(=O)CCC1=O)C1=CC=C(C(O)(C2=CC=CC=CC2)c2ccccc2)C=CC1. The maximum atomic E-state index is 12.6. The molecular formula is C26H23NO5. The molecule has 0 spiro atoms. The van der Waals surface area contributed by atoms with E-state index in [1.807, 2.05) is 60.7 Å². The van der Waals surface area contributed by atoms with Crippen molar-refractivity contribution in [2.75, 3.05) is 0 Å². The molecule has 6 nitrogen and oxygen atoms in total. The monoisotopic (exact) mass is 429 g/mol. The number of allylic oxidation sites excluding steroid dienone is 8. The molecule has 6 heteroatoms. The van der Waals surface area contributed by atoms with E-state index in [4.69, 9.17) is 4.84 Å². The Morgan fingerprint density at radius 2 is 1.66 bits per heavy atom. The van der Waals surface area contributed by atoms with Gasteiger partial charge in [0.1, 0.15) is 5.60 Å². The van der Waals surface area contributed by atoms with E-state index in [9.17, 15) is 19.5 Å². The van der Waals surface area contributed by atoms with Crippen LogP contribution in [0.2, 0.25) is 0 Å². The molecule has 1 heterocycles. The van der Waals surface area contributed by atoms with Crippen molar-refractivity contribution >= 4 is 17.8 Å². The van der Waals surface area contributed by atoms with Crippen molar-refractivity contribution in [3.05, 3.63) is 107 Å². The van der Waals surface area contributed by atoms with E-state index < -0.39 is 23.4 Å². The van der Waals surface area contributed by atoms with Gasteiger partial charge in [-0.1, -0.05) is 85.0 Å². The summed E-state index contributed by atoms with van der Waals surface area (Å²) in [6.07, 6.45) is 17.3. The average Bonchev–Trinajstić information content (AvgIpc) is 3.08. The molecule has 1 saturated heterocycles. The third-order valence-electron chi connectivity index (χ3n) is 5.61. The van der Waals surface area contributed by atoms with Crippen LogP contribution in [0.4, 0.5) is 0 Å². The van der Waals surface area contributed by atoms with E-state index in [-0.39, 0.29) is 24.8 Å². The Hall–Kier alpha value is -3.77. The predicted octanol–water partition coefficient (Wildman–Crippen LogP) is 3.74. The van der Waals surface area contributed by atoms with Gasteiger partial charge in [0.25, 0.3) is 11.8 Å². The number of amides is 2. The topological polar surface area (TPSA) is 83.9 Å². The van der Waals surface area contributed by atoms with E-state index in [1.165, 1.54) is 0 Å². The number of carbonyl (C=O) groups is 3. The molecule has 0 radical (unpaired) electrons. The van der Waals surface area contributed by atoms with E-state index in [2.05, 4.69) is 0 Å². The number of hydroxylamine groups is 2. The summed E-state index contributed by atoms with van der Waals surface area (Å²) in [5, 5.41) is 12.5. The van der Waals surface area contributed by atoms with Crippen LogP contribution in [0.15, 0.2) is 102 Å². The normalized spacial score (nSPS) is 20.2. The van der Waals surface area contributed by atoms with Gasteiger partial charge < -0.3 is 9.94 Å². The predicted molar refractivity (Wildman–Crippen MR) is 118 cm³/mol. The molecule has 1 aliphatic heterocycles. The number of benzene rings is 1. The molecule has 0 bridgehead atoms. The van der Waals surface area contributed by atoms with Crippen molar-refractivity contribution in [1.82, 2.24) is 5.06 Å². The molecule has 2 aliphatic carbocycles. The molecule has 0 aromatic heterocycles. The van der Waals surface area contributed by atoms with Crippen LogP contribution >= 0.6 is 0 Å². The largest absolute Gasteiger partial charge is 0.376 e. The summed E-state index contributed by atoms with van der Waals surface area (Å²) >= 11 is 0. The molecule has 1 aromatic rings. The molecule has 1 atom stereocenters. The van der Waals surface area contributed by atoms with Crippen molar-refractivity contribution in [1.29, 1.82) is 0 Å². The van der Waals surface area contributed by atoms with Crippen LogP contribution in [0, 0.1) is 0 Å². The van der Waals surface area contributed by atoms with Crippen LogP contribution in [-0.4, -0.2) is 28.0 Å². The van der Waals surface area contributed by atoms with Gasteiger partial charge in [-0.05, 0) is 29.6 Å². The third kappa shape index (κ3) is 4.18. The molecular weight excluding hydrogens is 406 g/mol. The first-order chi connectivity index (χ1) is 15.5. The number of hydrogen-bond donors (Lipinski definition) is 1.